The van der Waals surface area contributed by atoms with Gasteiger partial charge in [0.05, 0.1) is 12.5 Å². The first kappa shape index (κ1) is 18.8. The van der Waals surface area contributed by atoms with Crippen LogP contribution in [0.15, 0.2) is 18.2 Å². The van der Waals surface area contributed by atoms with Gasteiger partial charge in [-0.15, -0.1) is 0 Å². The summed E-state index contributed by atoms with van der Waals surface area (Å²) in [6.45, 7) is 10.7. The number of nitrogens with zero attached hydrogens (tertiary/aromatic N) is 2. The quantitative estimate of drug-likeness (QED) is 0.868. The molecule has 1 aromatic carbocycles. The topological polar surface area (TPSA) is 44.8 Å². The lowest BCUT2D eigenvalue weighted by molar-refractivity contribution is -0.140. The van der Waals surface area contributed by atoms with Gasteiger partial charge in [0, 0.05) is 44.6 Å². The number of hydrogen-bond acceptors (Lipinski definition) is 4. The smallest absolute Gasteiger partial charge is 0.227 e. The summed E-state index contributed by atoms with van der Waals surface area (Å²) in [4.78, 5) is 17.9. The Morgan fingerprint density at radius 1 is 1.33 bits per heavy atom. The lowest BCUT2D eigenvalue weighted by Crippen LogP contribution is -2.55. The van der Waals surface area contributed by atoms with Crippen molar-refractivity contribution in [2.45, 2.75) is 51.7 Å². The van der Waals surface area contributed by atoms with E-state index in [-0.39, 0.29) is 11.5 Å². The Labute approximate surface area is 163 Å². The molecule has 4 rings (SSSR count). The Balaban J connectivity index is 1.62. The predicted octanol–water partition coefficient (Wildman–Crippen LogP) is 2.57. The average molecular weight is 372 g/mol. The number of rotatable bonds is 2. The van der Waals surface area contributed by atoms with Gasteiger partial charge in [0.1, 0.15) is 11.4 Å². The predicted molar refractivity (Wildman–Crippen MR) is 107 cm³/mol. The second-order valence-electron chi connectivity index (χ2n) is 8.57. The molecule has 1 spiro atoms. The first-order chi connectivity index (χ1) is 13.1. The van der Waals surface area contributed by atoms with Gasteiger partial charge in [-0.2, -0.15) is 0 Å². The van der Waals surface area contributed by atoms with Gasteiger partial charge in [-0.3, -0.25) is 4.79 Å². The Morgan fingerprint density at radius 3 is 2.85 bits per heavy atom. The molecule has 3 heterocycles. The zero-order valence-electron chi connectivity index (χ0n) is 16.8. The average Bonchev–Trinajstić information content (AvgIpc) is 2.85. The van der Waals surface area contributed by atoms with Crippen LogP contribution in [0.25, 0.3) is 0 Å². The number of piperidine rings is 2. The number of carbonyl (C=O) groups is 1. The van der Waals surface area contributed by atoms with Gasteiger partial charge >= 0.3 is 0 Å². The van der Waals surface area contributed by atoms with Crippen molar-refractivity contribution in [3.05, 3.63) is 29.3 Å². The van der Waals surface area contributed by atoms with Crippen LogP contribution >= 0.6 is 0 Å². The van der Waals surface area contributed by atoms with E-state index in [4.69, 9.17) is 4.74 Å². The number of hydrogen-bond donors (Lipinski definition) is 1. The molecule has 1 amide bonds. The van der Waals surface area contributed by atoms with Crippen LogP contribution in [0.1, 0.15) is 43.7 Å². The fraction of sp³-hybridized carbons (Fsp3) is 0.682. The zero-order valence-corrected chi connectivity index (χ0v) is 16.8. The summed E-state index contributed by atoms with van der Waals surface area (Å²) in [7, 11) is 0. The summed E-state index contributed by atoms with van der Waals surface area (Å²) >= 11 is 0. The van der Waals surface area contributed by atoms with Gasteiger partial charge in [-0.25, -0.2) is 0 Å². The minimum atomic E-state index is -0.246. The summed E-state index contributed by atoms with van der Waals surface area (Å²) in [5.74, 6) is 1.39. The monoisotopic (exact) mass is 371 g/mol. The number of carbonyl (C=O) groups excluding carboxylic acids is 1. The fourth-order valence-electron chi connectivity index (χ4n) is 4.82. The summed E-state index contributed by atoms with van der Waals surface area (Å²) in [6, 6.07) is 6.42. The minimum absolute atomic E-state index is 0.109. The fourth-order valence-corrected chi connectivity index (χ4v) is 4.82. The highest BCUT2D eigenvalue weighted by Crippen LogP contribution is 2.36. The molecule has 1 atom stereocenters. The van der Waals surface area contributed by atoms with E-state index in [1.54, 1.807) is 0 Å². The van der Waals surface area contributed by atoms with Crippen molar-refractivity contribution in [1.29, 1.82) is 0 Å². The maximum absolute atomic E-state index is 13.4. The maximum atomic E-state index is 13.4. The highest BCUT2D eigenvalue weighted by molar-refractivity contribution is 5.79. The van der Waals surface area contributed by atoms with Gasteiger partial charge in [0.2, 0.25) is 5.91 Å². The second kappa shape index (κ2) is 7.80. The summed E-state index contributed by atoms with van der Waals surface area (Å²) in [5.41, 5.74) is 2.13. The van der Waals surface area contributed by atoms with Crippen molar-refractivity contribution in [2.24, 2.45) is 5.92 Å². The summed E-state index contributed by atoms with van der Waals surface area (Å²) in [5, 5.41) is 3.40. The van der Waals surface area contributed by atoms with Gasteiger partial charge in [-0.1, -0.05) is 24.6 Å². The molecule has 148 valence electrons. The van der Waals surface area contributed by atoms with E-state index >= 15 is 0 Å². The standard InChI is InChI=1S/C22H33N3O2/c1-3-24-11-8-22(9-12-24)16-25(21(26)18-5-4-10-23-14-18)15-19-13-17(2)6-7-20(19)27-22/h6-7,13,18,23H,3-5,8-12,14-16H2,1-2H3. The third-order valence-corrected chi connectivity index (χ3v) is 6.55. The van der Waals surface area contributed by atoms with Gasteiger partial charge in [-0.05, 0) is 38.9 Å². The van der Waals surface area contributed by atoms with E-state index in [1.165, 1.54) is 5.56 Å². The van der Waals surface area contributed by atoms with E-state index in [9.17, 15) is 4.79 Å². The van der Waals surface area contributed by atoms with Crippen molar-refractivity contribution in [3.8, 4) is 5.75 Å². The van der Waals surface area contributed by atoms with Gasteiger partial charge < -0.3 is 19.9 Å². The molecule has 5 heteroatoms. The Kier molecular flexibility index (Phi) is 5.42. The highest BCUT2D eigenvalue weighted by atomic mass is 16.5. The molecule has 0 aliphatic carbocycles. The SMILES string of the molecule is CCN1CCC2(CC1)CN(C(=O)C1CCCNC1)Cc1cc(C)ccc1O2. The molecule has 1 N–H and O–H groups in total. The molecule has 5 nitrogen and oxygen atoms in total. The number of nitrogens with one attached hydrogen (secondary N) is 1. The molecule has 0 aromatic heterocycles. The molecule has 3 aliphatic rings. The molecule has 27 heavy (non-hydrogen) atoms. The Hall–Kier alpha value is -1.59. The number of aryl methyl sites for hydroxylation is 1. The van der Waals surface area contributed by atoms with Crippen LogP contribution in [0.2, 0.25) is 0 Å². The Morgan fingerprint density at radius 2 is 2.15 bits per heavy atom. The number of fused-ring (bicyclic) bond motifs is 1. The number of likely N-dealkylation sites (tertiary alicyclic amines) is 1. The van der Waals surface area contributed by atoms with Gasteiger partial charge in [0.15, 0.2) is 0 Å². The number of amides is 1. The van der Waals surface area contributed by atoms with Gasteiger partial charge in [0.25, 0.3) is 0 Å². The largest absolute Gasteiger partial charge is 0.485 e. The van der Waals surface area contributed by atoms with Crippen molar-refractivity contribution in [1.82, 2.24) is 15.1 Å². The maximum Gasteiger partial charge on any atom is 0.227 e. The molecule has 0 saturated carbocycles. The van der Waals surface area contributed by atoms with E-state index in [2.05, 4.69) is 47.2 Å². The molecular formula is C22H33N3O2. The third kappa shape index (κ3) is 3.99. The summed E-state index contributed by atoms with van der Waals surface area (Å²) in [6.07, 6.45) is 4.06. The number of benzene rings is 1. The zero-order chi connectivity index (χ0) is 18.9. The van der Waals surface area contributed by atoms with Crippen LogP contribution in [0, 0.1) is 12.8 Å². The molecule has 2 fully saturated rings. The van der Waals surface area contributed by atoms with E-state index < -0.39 is 0 Å². The lowest BCUT2D eigenvalue weighted by Gasteiger charge is -2.43. The van der Waals surface area contributed by atoms with Crippen LogP contribution < -0.4 is 10.1 Å². The molecule has 1 aromatic rings. The van der Waals surface area contributed by atoms with E-state index in [1.807, 2.05) is 0 Å². The third-order valence-electron chi connectivity index (χ3n) is 6.55. The van der Waals surface area contributed by atoms with E-state index in [0.717, 1.165) is 69.7 Å². The van der Waals surface area contributed by atoms with Crippen molar-refractivity contribution >= 4 is 5.91 Å². The van der Waals surface area contributed by atoms with Crippen LogP contribution in [0.3, 0.4) is 0 Å². The molecule has 0 bridgehead atoms. The lowest BCUT2D eigenvalue weighted by atomic mass is 9.89. The minimum Gasteiger partial charge on any atom is -0.485 e. The Bertz CT molecular complexity index is 676. The van der Waals surface area contributed by atoms with Crippen LogP contribution in [-0.2, 0) is 11.3 Å². The first-order valence-corrected chi connectivity index (χ1v) is 10.6. The van der Waals surface area contributed by atoms with Crippen LogP contribution in [0.5, 0.6) is 5.75 Å². The molecule has 3 aliphatic heterocycles. The van der Waals surface area contributed by atoms with Crippen LogP contribution in [0.4, 0.5) is 0 Å². The normalized spacial score (nSPS) is 25.6. The number of ether oxygens (including phenoxy) is 1. The molecule has 1 unspecified atom stereocenters. The first-order valence-electron chi connectivity index (χ1n) is 10.6. The van der Waals surface area contributed by atoms with Crippen molar-refractivity contribution in [2.75, 3.05) is 39.3 Å². The van der Waals surface area contributed by atoms with Crippen molar-refractivity contribution < 1.29 is 9.53 Å². The highest BCUT2D eigenvalue weighted by Gasteiger charge is 2.42. The van der Waals surface area contributed by atoms with Crippen molar-refractivity contribution in [3.63, 3.8) is 0 Å². The van der Waals surface area contributed by atoms with E-state index in [0.29, 0.717) is 19.0 Å². The van der Waals surface area contributed by atoms with Crippen LogP contribution in [-0.4, -0.2) is 60.6 Å². The molecule has 0 radical (unpaired) electrons. The molecule has 2 saturated heterocycles. The summed E-state index contributed by atoms with van der Waals surface area (Å²) < 4.78 is 6.66. The second-order valence-corrected chi connectivity index (χ2v) is 8.57. The molecular weight excluding hydrogens is 338 g/mol.